The van der Waals surface area contributed by atoms with Crippen molar-refractivity contribution in [1.82, 2.24) is 4.98 Å². The first-order chi connectivity index (χ1) is 7.93. The van der Waals surface area contributed by atoms with E-state index >= 15 is 0 Å². The molecule has 2 aromatic carbocycles. The van der Waals surface area contributed by atoms with Crippen LogP contribution in [0.1, 0.15) is 0 Å². The topological polar surface area (TPSA) is 12.9 Å². The van der Waals surface area contributed by atoms with Gasteiger partial charge in [-0.25, -0.2) is 0 Å². The lowest BCUT2D eigenvalue weighted by atomic mass is 10.0. The molecule has 1 nitrogen and oxygen atoms in total. The van der Waals surface area contributed by atoms with Crippen molar-refractivity contribution in [2.75, 3.05) is 0 Å². The Kier molecular flexibility index (Phi) is 2.15. The number of hydrogen-bond acceptors (Lipinski definition) is 1. The number of hydrogen-bond donors (Lipinski definition) is 0. The van der Waals surface area contributed by atoms with Gasteiger partial charge in [0.25, 0.3) is 0 Å². The molecule has 0 aliphatic heterocycles. The summed E-state index contributed by atoms with van der Waals surface area (Å²) in [7, 11) is 0. The van der Waals surface area contributed by atoms with E-state index < -0.39 is 0 Å². The Morgan fingerprint density at radius 2 is 1.50 bits per heavy atom. The predicted molar refractivity (Wildman–Crippen MR) is 67.2 cm³/mol. The molecule has 0 aliphatic rings. The zero-order chi connectivity index (χ0) is 10.8. The number of benzene rings is 2. The fraction of sp³-hybridized carbons (Fsp3) is 0. The van der Waals surface area contributed by atoms with Gasteiger partial charge in [0, 0.05) is 11.8 Å². The average molecular weight is 205 g/mol. The Morgan fingerprint density at radius 1 is 0.688 bits per heavy atom. The fourth-order valence-corrected chi connectivity index (χ4v) is 1.88. The smallest absolute Gasteiger partial charge is 0.0702 e. The summed E-state index contributed by atoms with van der Waals surface area (Å²) < 4.78 is 0. The van der Waals surface area contributed by atoms with Crippen LogP contribution in [0.25, 0.3) is 22.0 Å². The van der Waals surface area contributed by atoms with Gasteiger partial charge in [-0.1, -0.05) is 42.5 Å². The minimum Gasteiger partial charge on any atom is -0.256 e. The average Bonchev–Trinajstić information content (AvgIpc) is 2.39. The van der Waals surface area contributed by atoms with E-state index in [-0.39, 0.29) is 0 Å². The molecular formula is C15H11N. The van der Waals surface area contributed by atoms with Crippen LogP contribution in [0.15, 0.2) is 66.9 Å². The third kappa shape index (κ3) is 1.57. The molecule has 0 radical (unpaired) electrons. The van der Waals surface area contributed by atoms with Gasteiger partial charge in [0.05, 0.1) is 5.69 Å². The summed E-state index contributed by atoms with van der Waals surface area (Å²) >= 11 is 0. The van der Waals surface area contributed by atoms with Crippen LogP contribution in [-0.2, 0) is 0 Å². The molecule has 0 spiro atoms. The molecule has 0 saturated carbocycles. The predicted octanol–water partition coefficient (Wildman–Crippen LogP) is 3.90. The van der Waals surface area contributed by atoms with Gasteiger partial charge in [-0.2, -0.15) is 0 Å². The van der Waals surface area contributed by atoms with Crippen LogP contribution in [0.5, 0.6) is 0 Å². The molecule has 0 aliphatic carbocycles. The van der Waals surface area contributed by atoms with Crippen molar-refractivity contribution in [1.29, 1.82) is 0 Å². The molecule has 0 fully saturated rings. The van der Waals surface area contributed by atoms with Crippen LogP contribution in [0, 0.1) is 0 Å². The highest BCUT2D eigenvalue weighted by atomic mass is 14.7. The monoisotopic (exact) mass is 205 g/mol. The minimum atomic E-state index is 1.02. The molecule has 3 rings (SSSR count). The number of nitrogens with zero attached hydrogens (tertiary/aromatic N) is 1. The zero-order valence-corrected chi connectivity index (χ0v) is 8.80. The van der Waals surface area contributed by atoms with Crippen molar-refractivity contribution < 1.29 is 0 Å². The van der Waals surface area contributed by atoms with Gasteiger partial charge in [0.15, 0.2) is 0 Å². The number of rotatable bonds is 1. The SMILES string of the molecule is c1ccc(-c2ccc3ccccc3c2)nc1. The summed E-state index contributed by atoms with van der Waals surface area (Å²) in [6.07, 6.45) is 1.82. The summed E-state index contributed by atoms with van der Waals surface area (Å²) in [5, 5.41) is 2.52. The maximum atomic E-state index is 4.36. The van der Waals surface area contributed by atoms with E-state index in [1.54, 1.807) is 0 Å². The summed E-state index contributed by atoms with van der Waals surface area (Å²) in [6, 6.07) is 20.8. The minimum absolute atomic E-state index is 1.02. The first kappa shape index (κ1) is 9.10. The fourth-order valence-electron chi connectivity index (χ4n) is 1.88. The second-order valence-electron chi connectivity index (χ2n) is 3.78. The van der Waals surface area contributed by atoms with Gasteiger partial charge in [-0.05, 0) is 29.0 Å². The Morgan fingerprint density at radius 3 is 2.31 bits per heavy atom. The zero-order valence-electron chi connectivity index (χ0n) is 8.80. The van der Waals surface area contributed by atoms with E-state index in [1.165, 1.54) is 16.3 Å². The molecule has 0 bridgehead atoms. The summed E-state index contributed by atoms with van der Waals surface area (Å²) in [5.74, 6) is 0. The Balaban J connectivity index is 2.19. The summed E-state index contributed by atoms with van der Waals surface area (Å²) in [5.41, 5.74) is 2.19. The third-order valence-corrected chi connectivity index (χ3v) is 2.71. The highest BCUT2D eigenvalue weighted by Gasteiger charge is 1.99. The van der Waals surface area contributed by atoms with Crippen molar-refractivity contribution in [2.24, 2.45) is 0 Å². The van der Waals surface area contributed by atoms with Gasteiger partial charge < -0.3 is 0 Å². The number of pyridine rings is 1. The lowest BCUT2D eigenvalue weighted by Gasteiger charge is -2.02. The first-order valence-electron chi connectivity index (χ1n) is 5.34. The van der Waals surface area contributed by atoms with Gasteiger partial charge in [-0.3, -0.25) is 4.98 Å². The molecule has 0 saturated heterocycles. The van der Waals surface area contributed by atoms with Gasteiger partial charge in [0.2, 0.25) is 0 Å². The van der Waals surface area contributed by atoms with E-state index in [9.17, 15) is 0 Å². The van der Waals surface area contributed by atoms with E-state index in [2.05, 4.69) is 47.4 Å². The molecule has 76 valence electrons. The highest BCUT2D eigenvalue weighted by molar-refractivity contribution is 5.86. The highest BCUT2D eigenvalue weighted by Crippen LogP contribution is 2.22. The molecule has 1 heteroatoms. The quantitative estimate of drug-likeness (QED) is 0.587. The molecule has 3 aromatic rings. The second kappa shape index (κ2) is 3.78. The van der Waals surface area contributed by atoms with Crippen LogP contribution >= 0.6 is 0 Å². The van der Waals surface area contributed by atoms with Crippen molar-refractivity contribution in [2.45, 2.75) is 0 Å². The molecule has 1 aromatic heterocycles. The Labute approximate surface area is 94.4 Å². The molecule has 16 heavy (non-hydrogen) atoms. The van der Waals surface area contributed by atoms with Crippen molar-refractivity contribution >= 4 is 10.8 Å². The van der Waals surface area contributed by atoms with Gasteiger partial charge >= 0.3 is 0 Å². The molecule has 1 heterocycles. The summed E-state index contributed by atoms with van der Waals surface area (Å²) in [6.45, 7) is 0. The molecule has 0 amide bonds. The lowest BCUT2D eigenvalue weighted by molar-refractivity contribution is 1.33. The van der Waals surface area contributed by atoms with Crippen LogP contribution in [0.4, 0.5) is 0 Å². The van der Waals surface area contributed by atoms with Crippen LogP contribution in [0.2, 0.25) is 0 Å². The van der Waals surface area contributed by atoms with E-state index in [1.807, 2.05) is 24.4 Å². The van der Waals surface area contributed by atoms with Crippen molar-refractivity contribution in [3.05, 3.63) is 66.9 Å². The summed E-state index contributed by atoms with van der Waals surface area (Å²) in [4.78, 5) is 4.36. The van der Waals surface area contributed by atoms with E-state index in [0.717, 1.165) is 5.69 Å². The van der Waals surface area contributed by atoms with Gasteiger partial charge in [0.1, 0.15) is 0 Å². The van der Waals surface area contributed by atoms with Crippen molar-refractivity contribution in [3.8, 4) is 11.3 Å². The molecular weight excluding hydrogens is 194 g/mol. The molecule has 0 N–H and O–H groups in total. The maximum absolute atomic E-state index is 4.36. The van der Waals surface area contributed by atoms with Crippen molar-refractivity contribution in [3.63, 3.8) is 0 Å². The number of aromatic nitrogens is 1. The normalized spacial score (nSPS) is 10.5. The van der Waals surface area contributed by atoms with E-state index in [0.29, 0.717) is 0 Å². The van der Waals surface area contributed by atoms with Gasteiger partial charge in [-0.15, -0.1) is 0 Å². The number of fused-ring (bicyclic) bond motifs is 1. The lowest BCUT2D eigenvalue weighted by Crippen LogP contribution is -1.81. The second-order valence-corrected chi connectivity index (χ2v) is 3.78. The molecule has 0 unspecified atom stereocenters. The Hall–Kier alpha value is -2.15. The van der Waals surface area contributed by atoms with Crippen LogP contribution in [0.3, 0.4) is 0 Å². The third-order valence-electron chi connectivity index (χ3n) is 2.71. The largest absolute Gasteiger partial charge is 0.256 e. The maximum Gasteiger partial charge on any atom is 0.0702 e. The Bertz CT molecular complexity index is 614. The van der Waals surface area contributed by atoms with Crippen LogP contribution in [-0.4, -0.2) is 4.98 Å². The standard InChI is InChI=1S/C15H11N/c1-2-6-13-11-14(9-8-12(13)5-1)15-7-3-4-10-16-15/h1-11H. The molecule has 0 atom stereocenters. The van der Waals surface area contributed by atoms with E-state index in [4.69, 9.17) is 0 Å². The van der Waals surface area contributed by atoms with Crippen LogP contribution < -0.4 is 0 Å². The first-order valence-corrected chi connectivity index (χ1v) is 5.34.